The molecule has 142 valence electrons. The zero-order chi connectivity index (χ0) is 19.3. The molecule has 28 heavy (non-hydrogen) atoms. The molecule has 0 saturated heterocycles. The van der Waals surface area contributed by atoms with Crippen LogP contribution in [0.3, 0.4) is 0 Å². The number of anilines is 1. The molecule has 2 aromatic heterocycles. The predicted molar refractivity (Wildman–Crippen MR) is 111 cm³/mol. The van der Waals surface area contributed by atoms with Crippen molar-refractivity contribution in [1.29, 1.82) is 0 Å². The van der Waals surface area contributed by atoms with Gasteiger partial charge < -0.3 is 15.6 Å². The first-order valence-electron chi connectivity index (χ1n) is 9.78. The Morgan fingerprint density at radius 2 is 2.00 bits per heavy atom. The van der Waals surface area contributed by atoms with Crippen LogP contribution in [0.2, 0.25) is 0 Å². The lowest BCUT2D eigenvalue weighted by molar-refractivity contribution is 0.0940. The van der Waals surface area contributed by atoms with Crippen LogP contribution < -0.4 is 10.6 Å². The van der Waals surface area contributed by atoms with Crippen LogP contribution in [0, 0.1) is 6.92 Å². The average Bonchev–Trinajstić information content (AvgIpc) is 3.13. The van der Waals surface area contributed by atoms with Crippen molar-refractivity contribution in [3.63, 3.8) is 0 Å². The topological polar surface area (TPSA) is 82.7 Å². The van der Waals surface area contributed by atoms with Crippen LogP contribution in [0.1, 0.15) is 47.4 Å². The first-order valence-corrected chi connectivity index (χ1v) is 9.78. The summed E-state index contributed by atoms with van der Waals surface area (Å²) in [6.45, 7) is 5.62. The van der Waals surface area contributed by atoms with E-state index in [2.05, 4.69) is 28.6 Å². The molecule has 0 fully saturated rings. The number of hydrogen-bond donors (Lipinski definition) is 3. The highest BCUT2D eigenvalue weighted by Crippen LogP contribution is 2.35. The Balaban J connectivity index is 1.76. The highest BCUT2D eigenvalue weighted by atomic mass is 16.1. The predicted octanol–water partition coefficient (Wildman–Crippen LogP) is 3.91. The normalized spacial score (nSPS) is 20.9. The number of nitrogens with zero attached hydrogens (tertiary/aromatic N) is 2. The minimum Gasteiger partial charge on any atom is -0.368 e. The van der Waals surface area contributed by atoms with Crippen molar-refractivity contribution in [2.75, 3.05) is 18.4 Å². The Morgan fingerprint density at radius 3 is 2.89 bits per heavy atom. The number of para-hydroxylation sites is 1. The summed E-state index contributed by atoms with van der Waals surface area (Å²) >= 11 is 0. The molecule has 2 aliphatic heterocycles. The van der Waals surface area contributed by atoms with Gasteiger partial charge in [-0.3, -0.25) is 4.79 Å². The molecule has 6 nitrogen and oxygen atoms in total. The Bertz CT molecular complexity index is 1130. The maximum atomic E-state index is 12.5. The lowest BCUT2D eigenvalue weighted by Gasteiger charge is -2.23. The number of aromatic nitrogens is 3. The number of carbonyl (C=O) groups excluding carboxylic acids is 1. The summed E-state index contributed by atoms with van der Waals surface area (Å²) in [7, 11) is 0. The van der Waals surface area contributed by atoms with Gasteiger partial charge in [0.15, 0.2) is 0 Å². The van der Waals surface area contributed by atoms with Gasteiger partial charge in [0.25, 0.3) is 5.91 Å². The number of hydrogen-bond acceptors (Lipinski definition) is 4. The van der Waals surface area contributed by atoms with E-state index >= 15 is 0 Å². The zero-order valence-electron chi connectivity index (χ0n) is 16.1. The minimum atomic E-state index is -0.00998. The second-order valence-electron chi connectivity index (χ2n) is 7.72. The number of rotatable bonds is 0. The maximum Gasteiger partial charge on any atom is 0.253 e. The smallest absolute Gasteiger partial charge is 0.253 e. The third kappa shape index (κ3) is 2.76. The van der Waals surface area contributed by atoms with Gasteiger partial charge in [0.2, 0.25) is 0 Å². The van der Waals surface area contributed by atoms with E-state index in [0.717, 1.165) is 64.4 Å². The van der Waals surface area contributed by atoms with Crippen LogP contribution in [0.5, 0.6) is 0 Å². The van der Waals surface area contributed by atoms with Crippen LogP contribution in [0.25, 0.3) is 22.3 Å². The second kappa shape index (κ2) is 6.48. The summed E-state index contributed by atoms with van der Waals surface area (Å²) in [6, 6.07) is 7.97. The fourth-order valence-electron chi connectivity index (χ4n) is 4.24. The molecule has 4 bridgehead atoms. The molecule has 0 spiro atoms. The van der Waals surface area contributed by atoms with Crippen molar-refractivity contribution < 1.29 is 4.79 Å². The van der Waals surface area contributed by atoms with Gasteiger partial charge >= 0.3 is 0 Å². The largest absolute Gasteiger partial charge is 0.368 e. The molecule has 3 aromatic rings. The first kappa shape index (κ1) is 17.0. The van der Waals surface area contributed by atoms with Gasteiger partial charge in [0, 0.05) is 36.0 Å². The first-order chi connectivity index (χ1) is 13.6. The zero-order valence-corrected chi connectivity index (χ0v) is 16.1. The number of H-pyrrole nitrogens is 1. The Hall–Kier alpha value is -3.15. The summed E-state index contributed by atoms with van der Waals surface area (Å²) in [4.78, 5) is 25.7. The number of fused-ring (bicyclic) bond motifs is 3. The average molecular weight is 373 g/mol. The van der Waals surface area contributed by atoms with Crippen LogP contribution in [0.4, 0.5) is 5.82 Å². The molecule has 4 heterocycles. The molecule has 0 saturated carbocycles. The summed E-state index contributed by atoms with van der Waals surface area (Å²) in [5, 5.41) is 6.48. The van der Waals surface area contributed by atoms with Crippen molar-refractivity contribution >= 4 is 22.8 Å². The number of nitrogens with one attached hydrogen (secondary N) is 3. The van der Waals surface area contributed by atoms with Crippen molar-refractivity contribution in [3.8, 4) is 11.3 Å². The molecule has 3 N–H and O–H groups in total. The molecule has 2 aliphatic rings. The highest BCUT2D eigenvalue weighted by Gasteiger charge is 2.28. The maximum absolute atomic E-state index is 12.5. The van der Waals surface area contributed by atoms with Gasteiger partial charge in [-0.15, -0.1) is 0 Å². The standard InChI is InChI=1S/C22H23N5O/c1-12-5-4-8-23-21-13(2)25-17-7-3-6-15(20(17)27-21)18-10-16-19(26-18)14(9-12)11-24-22(16)28/h3,5-7,10,14,26H,4,8-9,11H2,1-2H3,(H,23,27)(H,24,28)/b12-5+/t14-/m1/s1. The Kier molecular flexibility index (Phi) is 3.93. The summed E-state index contributed by atoms with van der Waals surface area (Å²) in [5.74, 6) is 1.06. The molecule has 5 rings (SSSR count). The summed E-state index contributed by atoms with van der Waals surface area (Å²) in [6.07, 6.45) is 4.13. The lowest BCUT2D eigenvalue weighted by atomic mass is 9.91. The molecule has 6 heteroatoms. The van der Waals surface area contributed by atoms with Gasteiger partial charge in [-0.1, -0.05) is 23.8 Å². The van der Waals surface area contributed by atoms with Crippen LogP contribution in [-0.2, 0) is 0 Å². The Morgan fingerprint density at radius 1 is 1.11 bits per heavy atom. The van der Waals surface area contributed by atoms with E-state index in [1.54, 1.807) is 0 Å². The van der Waals surface area contributed by atoms with Crippen molar-refractivity contribution in [2.24, 2.45) is 0 Å². The van der Waals surface area contributed by atoms with Crippen LogP contribution >= 0.6 is 0 Å². The number of allylic oxidation sites excluding steroid dienone is 1. The minimum absolute atomic E-state index is 0.00998. The fourth-order valence-corrected chi connectivity index (χ4v) is 4.24. The van der Waals surface area contributed by atoms with E-state index in [9.17, 15) is 4.79 Å². The third-order valence-electron chi connectivity index (χ3n) is 5.67. The quantitative estimate of drug-likeness (QED) is 0.522. The van der Waals surface area contributed by atoms with Crippen LogP contribution in [-0.4, -0.2) is 33.9 Å². The van der Waals surface area contributed by atoms with Gasteiger partial charge in [-0.05, 0) is 38.8 Å². The molecule has 1 aromatic carbocycles. The molecular weight excluding hydrogens is 350 g/mol. The molecule has 0 radical (unpaired) electrons. The molecule has 1 atom stereocenters. The molecule has 1 amide bonds. The van der Waals surface area contributed by atoms with Gasteiger partial charge in [-0.2, -0.15) is 0 Å². The summed E-state index contributed by atoms with van der Waals surface area (Å²) in [5.41, 5.74) is 7.58. The van der Waals surface area contributed by atoms with E-state index in [1.165, 1.54) is 5.57 Å². The van der Waals surface area contributed by atoms with E-state index in [4.69, 9.17) is 9.97 Å². The number of amides is 1. The number of aromatic amines is 1. The van der Waals surface area contributed by atoms with Gasteiger partial charge in [-0.25, -0.2) is 9.97 Å². The number of benzene rings is 1. The lowest BCUT2D eigenvalue weighted by Crippen LogP contribution is -2.34. The van der Waals surface area contributed by atoms with Crippen molar-refractivity contribution in [3.05, 3.63) is 52.9 Å². The van der Waals surface area contributed by atoms with Crippen LogP contribution in [0.15, 0.2) is 35.9 Å². The van der Waals surface area contributed by atoms with E-state index < -0.39 is 0 Å². The molecule has 0 aliphatic carbocycles. The van der Waals surface area contributed by atoms with Crippen molar-refractivity contribution in [1.82, 2.24) is 20.3 Å². The van der Waals surface area contributed by atoms with Gasteiger partial charge in [0.05, 0.1) is 16.8 Å². The monoisotopic (exact) mass is 373 g/mol. The number of aryl methyl sites for hydroxylation is 1. The SMILES string of the molecule is C/C1=C\CCNc2nc3c(cccc3nc2C)-c2cc3c([nH]2)[C@@H](CNC3=O)C1. The van der Waals surface area contributed by atoms with Gasteiger partial charge in [0.1, 0.15) is 11.3 Å². The Labute approximate surface area is 163 Å². The fraction of sp³-hybridized carbons (Fsp3) is 0.318. The molecule has 0 unspecified atom stereocenters. The van der Waals surface area contributed by atoms with E-state index in [-0.39, 0.29) is 11.8 Å². The van der Waals surface area contributed by atoms with E-state index in [1.807, 2.05) is 31.2 Å². The van der Waals surface area contributed by atoms with Crippen molar-refractivity contribution in [2.45, 2.75) is 32.6 Å². The van der Waals surface area contributed by atoms with E-state index in [0.29, 0.717) is 6.54 Å². The second-order valence-corrected chi connectivity index (χ2v) is 7.72. The third-order valence-corrected chi connectivity index (χ3v) is 5.67. The summed E-state index contributed by atoms with van der Waals surface area (Å²) < 4.78 is 0. The molecular formula is C22H23N5O. The number of carbonyl (C=O) groups is 1. The highest BCUT2D eigenvalue weighted by molar-refractivity contribution is 6.00.